The summed E-state index contributed by atoms with van der Waals surface area (Å²) in [6.07, 6.45) is 19.9. The molecule has 0 fully saturated rings. The number of carboxylic acids is 1. The van der Waals surface area contributed by atoms with Gasteiger partial charge in [-0.05, 0) is 19.3 Å². The maximum absolute atomic E-state index is 11.4. The van der Waals surface area contributed by atoms with E-state index in [0.29, 0.717) is 19.4 Å². The van der Waals surface area contributed by atoms with Gasteiger partial charge in [0, 0.05) is 12.8 Å². The van der Waals surface area contributed by atoms with Crippen molar-refractivity contribution in [2.24, 2.45) is 0 Å². The third-order valence-corrected chi connectivity index (χ3v) is 4.74. The van der Waals surface area contributed by atoms with Gasteiger partial charge in [0.1, 0.15) is 0 Å². The van der Waals surface area contributed by atoms with Crippen LogP contribution >= 0.6 is 0 Å². The van der Waals surface area contributed by atoms with Gasteiger partial charge in [-0.3, -0.25) is 9.59 Å². The average molecular weight is 401 g/mol. The van der Waals surface area contributed by atoms with E-state index in [4.69, 9.17) is 9.84 Å². The second kappa shape index (κ2) is 25.9. The van der Waals surface area contributed by atoms with E-state index in [1.165, 1.54) is 77.0 Å². The van der Waals surface area contributed by atoms with Gasteiger partial charge >= 0.3 is 11.9 Å². The number of hydrogen-bond acceptors (Lipinski definition) is 3. The molecule has 0 rings (SSSR count). The Morgan fingerprint density at radius 1 is 0.571 bits per heavy atom. The van der Waals surface area contributed by atoms with E-state index in [1.54, 1.807) is 0 Å². The molecule has 0 radical (unpaired) electrons. The lowest BCUT2D eigenvalue weighted by atomic mass is 10.1. The number of esters is 1. The van der Waals surface area contributed by atoms with Gasteiger partial charge in [-0.2, -0.15) is 0 Å². The highest BCUT2D eigenvalue weighted by molar-refractivity contribution is 5.69. The van der Waals surface area contributed by atoms with Gasteiger partial charge in [0.15, 0.2) is 0 Å². The lowest BCUT2D eigenvalue weighted by Gasteiger charge is -2.04. The highest BCUT2D eigenvalue weighted by atomic mass is 16.5. The van der Waals surface area contributed by atoms with Crippen LogP contribution in [0.2, 0.25) is 0 Å². The lowest BCUT2D eigenvalue weighted by molar-refractivity contribution is -0.144. The van der Waals surface area contributed by atoms with Crippen molar-refractivity contribution in [1.29, 1.82) is 0 Å². The summed E-state index contributed by atoms with van der Waals surface area (Å²) < 4.78 is 5.19. The van der Waals surface area contributed by atoms with Crippen molar-refractivity contribution in [3.8, 4) is 0 Å². The Kier molecular flexibility index (Phi) is 27.0. The molecule has 0 aliphatic carbocycles. The molecular weight excluding hydrogens is 352 g/mol. The number of ether oxygens (including phenoxy) is 1. The minimum atomic E-state index is -0.670. The monoisotopic (exact) mass is 400 g/mol. The van der Waals surface area contributed by atoms with Crippen LogP contribution in [0.4, 0.5) is 0 Å². The molecule has 0 aromatic rings. The maximum atomic E-state index is 11.4. The van der Waals surface area contributed by atoms with Crippen molar-refractivity contribution < 1.29 is 19.4 Å². The Morgan fingerprint density at radius 3 is 1.43 bits per heavy atom. The maximum Gasteiger partial charge on any atom is 0.305 e. The lowest BCUT2D eigenvalue weighted by Crippen LogP contribution is -2.05. The standard InChI is InChI=1S/C16H32O2.C8H16O2/c1-3-5-7-9-10-11-12-14-16(17)18-15-13-8-6-4-2;1-2-3-4-5-6-7-8(9)10/h3-15H2,1-2H3;2-7H2,1H3,(H,9,10). The highest BCUT2D eigenvalue weighted by Gasteiger charge is 2.02. The van der Waals surface area contributed by atoms with Crippen molar-refractivity contribution in [3.05, 3.63) is 0 Å². The van der Waals surface area contributed by atoms with E-state index in [-0.39, 0.29) is 5.97 Å². The molecule has 0 heterocycles. The third kappa shape index (κ3) is 29.7. The van der Waals surface area contributed by atoms with Crippen LogP contribution in [0, 0.1) is 0 Å². The van der Waals surface area contributed by atoms with Crippen molar-refractivity contribution >= 4 is 11.9 Å². The predicted molar refractivity (Wildman–Crippen MR) is 119 cm³/mol. The first kappa shape index (κ1) is 29.1. The molecule has 0 aliphatic heterocycles. The summed E-state index contributed by atoms with van der Waals surface area (Å²) in [5.74, 6) is -0.670. The van der Waals surface area contributed by atoms with Crippen LogP contribution < -0.4 is 0 Å². The number of hydrogen-bond donors (Lipinski definition) is 1. The number of rotatable bonds is 19. The largest absolute Gasteiger partial charge is 0.481 e. The zero-order chi connectivity index (χ0) is 21.3. The molecule has 0 aliphatic rings. The minimum absolute atomic E-state index is 0.0000525. The Hall–Kier alpha value is -1.06. The highest BCUT2D eigenvalue weighted by Crippen LogP contribution is 2.09. The van der Waals surface area contributed by atoms with Crippen LogP contribution in [-0.4, -0.2) is 23.7 Å². The number of carboxylic acid groups (broad SMARTS) is 1. The van der Waals surface area contributed by atoms with Crippen molar-refractivity contribution in [3.63, 3.8) is 0 Å². The molecule has 0 aromatic carbocycles. The van der Waals surface area contributed by atoms with Gasteiger partial charge in [0.2, 0.25) is 0 Å². The first-order valence-corrected chi connectivity index (χ1v) is 12.0. The zero-order valence-electron chi connectivity index (χ0n) is 19.1. The van der Waals surface area contributed by atoms with E-state index in [0.717, 1.165) is 25.7 Å². The van der Waals surface area contributed by atoms with E-state index >= 15 is 0 Å². The molecule has 28 heavy (non-hydrogen) atoms. The van der Waals surface area contributed by atoms with Crippen molar-refractivity contribution in [2.45, 2.75) is 136 Å². The molecule has 0 aromatic heterocycles. The Balaban J connectivity index is 0. The van der Waals surface area contributed by atoms with E-state index in [9.17, 15) is 9.59 Å². The molecule has 0 spiro atoms. The average Bonchev–Trinajstić information content (AvgIpc) is 2.67. The van der Waals surface area contributed by atoms with Crippen LogP contribution in [0.15, 0.2) is 0 Å². The SMILES string of the molecule is CCCCCCCC(=O)O.CCCCCCCCCC(=O)OCCCCCC. The molecule has 4 nitrogen and oxygen atoms in total. The quantitative estimate of drug-likeness (QED) is 0.178. The van der Waals surface area contributed by atoms with Crippen molar-refractivity contribution in [1.82, 2.24) is 0 Å². The van der Waals surface area contributed by atoms with Gasteiger partial charge in [0.25, 0.3) is 0 Å². The summed E-state index contributed by atoms with van der Waals surface area (Å²) in [5, 5.41) is 8.27. The molecule has 4 heteroatoms. The Labute approximate surface area is 174 Å². The molecule has 0 atom stereocenters. The van der Waals surface area contributed by atoms with Crippen LogP contribution in [0.25, 0.3) is 0 Å². The summed E-state index contributed by atoms with van der Waals surface area (Å²) in [6.45, 7) is 7.19. The molecule has 0 saturated carbocycles. The summed E-state index contributed by atoms with van der Waals surface area (Å²) in [7, 11) is 0. The van der Waals surface area contributed by atoms with E-state index in [1.807, 2.05) is 0 Å². The normalized spacial score (nSPS) is 10.2. The van der Waals surface area contributed by atoms with E-state index < -0.39 is 5.97 Å². The second-order valence-corrected chi connectivity index (χ2v) is 7.71. The molecule has 168 valence electrons. The molecule has 0 unspecified atom stereocenters. The topological polar surface area (TPSA) is 63.6 Å². The zero-order valence-corrected chi connectivity index (χ0v) is 19.1. The van der Waals surface area contributed by atoms with Crippen LogP contribution in [0.3, 0.4) is 0 Å². The Bertz CT molecular complexity index is 329. The molecular formula is C24H48O4. The molecule has 0 saturated heterocycles. The Morgan fingerprint density at radius 2 is 0.964 bits per heavy atom. The van der Waals surface area contributed by atoms with Gasteiger partial charge in [-0.15, -0.1) is 0 Å². The first-order chi connectivity index (χ1) is 13.6. The number of aliphatic carboxylic acids is 1. The predicted octanol–water partition coefficient (Wildman–Crippen LogP) is 7.68. The summed E-state index contributed by atoms with van der Waals surface area (Å²) in [6, 6.07) is 0. The van der Waals surface area contributed by atoms with Gasteiger partial charge in [0.05, 0.1) is 6.61 Å². The number of carbonyl (C=O) groups is 2. The molecule has 0 amide bonds. The van der Waals surface area contributed by atoms with Crippen molar-refractivity contribution in [2.75, 3.05) is 6.61 Å². The summed E-state index contributed by atoms with van der Waals surface area (Å²) in [5.41, 5.74) is 0. The number of carbonyl (C=O) groups excluding carboxylic acids is 1. The minimum Gasteiger partial charge on any atom is -0.481 e. The van der Waals surface area contributed by atoms with E-state index in [2.05, 4.69) is 20.8 Å². The first-order valence-electron chi connectivity index (χ1n) is 12.0. The van der Waals surface area contributed by atoms with Gasteiger partial charge in [-0.25, -0.2) is 0 Å². The fraction of sp³-hybridized carbons (Fsp3) is 0.917. The second-order valence-electron chi connectivity index (χ2n) is 7.71. The van der Waals surface area contributed by atoms with Gasteiger partial charge in [-0.1, -0.05) is 104 Å². The summed E-state index contributed by atoms with van der Waals surface area (Å²) >= 11 is 0. The van der Waals surface area contributed by atoms with Crippen LogP contribution in [-0.2, 0) is 14.3 Å². The number of unbranched alkanes of at least 4 members (excludes halogenated alkanes) is 13. The fourth-order valence-electron chi connectivity index (χ4n) is 2.89. The molecule has 1 N–H and O–H groups in total. The van der Waals surface area contributed by atoms with Crippen LogP contribution in [0.1, 0.15) is 136 Å². The van der Waals surface area contributed by atoms with Crippen LogP contribution in [0.5, 0.6) is 0 Å². The smallest absolute Gasteiger partial charge is 0.305 e. The molecule has 0 bridgehead atoms. The third-order valence-electron chi connectivity index (χ3n) is 4.74. The fourth-order valence-corrected chi connectivity index (χ4v) is 2.89. The summed E-state index contributed by atoms with van der Waals surface area (Å²) in [4.78, 5) is 21.4. The van der Waals surface area contributed by atoms with Gasteiger partial charge < -0.3 is 9.84 Å².